The van der Waals surface area contributed by atoms with Crippen molar-refractivity contribution in [2.24, 2.45) is 0 Å². The van der Waals surface area contributed by atoms with Gasteiger partial charge in [0.2, 0.25) is 11.8 Å². The smallest absolute Gasteiger partial charge is 0.269 e. The molecular weight excluding hydrogens is 308 g/mol. The van der Waals surface area contributed by atoms with Crippen LogP contribution < -0.4 is 0 Å². The summed E-state index contributed by atoms with van der Waals surface area (Å²) in [7, 11) is 0. The van der Waals surface area contributed by atoms with E-state index in [1.54, 1.807) is 12.1 Å². The van der Waals surface area contributed by atoms with Crippen molar-refractivity contribution in [1.82, 2.24) is 15.1 Å². The van der Waals surface area contributed by atoms with Crippen molar-refractivity contribution in [3.8, 4) is 0 Å². The van der Waals surface area contributed by atoms with Gasteiger partial charge in [-0.2, -0.15) is 0 Å². The first-order valence-electron chi connectivity index (χ1n) is 8.32. The average molecular weight is 330 g/mol. The zero-order valence-electron chi connectivity index (χ0n) is 14.0. The summed E-state index contributed by atoms with van der Waals surface area (Å²) in [5, 5.41) is 19.0. The highest BCUT2D eigenvalue weighted by Gasteiger charge is 2.25. The normalized spacial score (nSPS) is 16.6. The Morgan fingerprint density at radius 1 is 1.25 bits per heavy atom. The molecular formula is C17H22N4O3. The third-order valence-electron chi connectivity index (χ3n) is 4.44. The van der Waals surface area contributed by atoms with Crippen LogP contribution in [-0.4, -0.2) is 33.1 Å². The highest BCUT2D eigenvalue weighted by atomic mass is 16.6. The standard InChI is InChI=1S/C17H22N4O3/c1-12(2)16-18-19-17(24-16)14-7-9-20(10-8-14)11-13-3-5-15(6-4-13)21(22)23/h3-6,12,14H,7-11H2,1-2H3. The molecule has 1 aliphatic rings. The average Bonchev–Trinajstić information content (AvgIpc) is 3.06. The lowest BCUT2D eigenvalue weighted by Gasteiger charge is -2.30. The highest BCUT2D eigenvalue weighted by Crippen LogP contribution is 2.29. The number of non-ortho nitro benzene ring substituents is 1. The number of benzene rings is 1. The van der Waals surface area contributed by atoms with Gasteiger partial charge in [-0.1, -0.05) is 26.0 Å². The van der Waals surface area contributed by atoms with E-state index in [0.717, 1.165) is 43.9 Å². The van der Waals surface area contributed by atoms with Crippen molar-refractivity contribution >= 4 is 5.69 Å². The van der Waals surface area contributed by atoms with Gasteiger partial charge >= 0.3 is 0 Å². The molecule has 2 heterocycles. The number of hydrogen-bond acceptors (Lipinski definition) is 6. The Balaban J connectivity index is 1.53. The van der Waals surface area contributed by atoms with E-state index < -0.39 is 0 Å². The van der Waals surface area contributed by atoms with Crippen LogP contribution in [-0.2, 0) is 6.54 Å². The molecule has 0 radical (unpaired) electrons. The van der Waals surface area contributed by atoms with E-state index in [0.29, 0.717) is 11.8 Å². The molecule has 0 saturated carbocycles. The van der Waals surface area contributed by atoms with Gasteiger partial charge in [0.25, 0.3) is 5.69 Å². The summed E-state index contributed by atoms with van der Waals surface area (Å²) in [5.74, 6) is 2.05. The van der Waals surface area contributed by atoms with Gasteiger partial charge in [-0.15, -0.1) is 10.2 Å². The lowest BCUT2D eigenvalue weighted by molar-refractivity contribution is -0.384. The van der Waals surface area contributed by atoms with Crippen molar-refractivity contribution in [3.05, 3.63) is 51.7 Å². The summed E-state index contributed by atoms with van der Waals surface area (Å²) < 4.78 is 5.77. The van der Waals surface area contributed by atoms with Crippen LogP contribution in [0.1, 0.15) is 55.9 Å². The fraction of sp³-hybridized carbons (Fsp3) is 0.529. The third kappa shape index (κ3) is 3.79. The van der Waals surface area contributed by atoms with E-state index in [9.17, 15) is 10.1 Å². The first-order valence-corrected chi connectivity index (χ1v) is 8.32. The number of rotatable bonds is 5. The minimum absolute atomic E-state index is 0.134. The third-order valence-corrected chi connectivity index (χ3v) is 4.44. The van der Waals surface area contributed by atoms with Crippen molar-refractivity contribution in [2.45, 2.75) is 45.1 Å². The minimum Gasteiger partial charge on any atom is -0.425 e. The van der Waals surface area contributed by atoms with Crippen LogP contribution in [0.25, 0.3) is 0 Å². The summed E-state index contributed by atoms with van der Waals surface area (Å²) in [6, 6.07) is 6.79. The van der Waals surface area contributed by atoms with Crippen LogP contribution in [0.3, 0.4) is 0 Å². The topological polar surface area (TPSA) is 85.3 Å². The Labute approximate surface area is 140 Å². The molecule has 0 spiro atoms. The Kier molecular flexibility index (Phi) is 4.89. The van der Waals surface area contributed by atoms with Crippen LogP contribution in [0.5, 0.6) is 0 Å². The number of piperidine rings is 1. The number of hydrogen-bond donors (Lipinski definition) is 0. The van der Waals surface area contributed by atoms with E-state index in [4.69, 9.17) is 4.42 Å². The molecule has 3 rings (SSSR count). The summed E-state index contributed by atoms with van der Waals surface area (Å²) in [6.07, 6.45) is 1.99. The second-order valence-corrected chi connectivity index (χ2v) is 6.61. The summed E-state index contributed by atoms with van der Waals surface area (Å²) in [5.41, 5.74) is 1.23. The molecule has 1 aliphatic heterocycles. The fourth-order valence-corrected chi connectivity index (χ4v) is 2.96. The molecule has 0 unspecified atom stereocenters. The predicted molar refractivity (Wildman–Crippen MR) is 88.7 cm³/mol. The Bertz CT molecular complexity index is 688. The second kappa shape index (κ2) is 7.09. The molecule has 0 bridgehead atoms. The van der Waals surface area contributed by atoms with Crippen LogP contribution in [0.2, 0.25) is 0 Å². The van der Waals surface area contributed by atoms with Crippen molar-refractivity contribution in [3.63, 3.8) is 0 Å². The van der Waals surface area contributed by atoms with E-state index in [2.05, 4.69) is 15.1 Å². The molecule has 0 aliphatic carbocycles. The number of nitro benzene ring substituents is 1. The lowest BCUT2D eigenvalue weighted by Crippen LogP contribution is -2.32. The summed E-state index contributed by atoms with van der Waals surface area (Å²) in [6.45, 7) is 6.82. The van der Waals surface area contributed by atoms with E-state index in [1.165, 1.54) is 0 Å². The number of nitrogens with zero attached hydrogens (tertiary/aromatic N) is 4. The van der Waals surface area contributed by atoms with E-state index in [1.807, 2.05) is 26.0 Å². The second-order valence-electron chi connectivity index (χ2n) is 6.61. The lowest BCUT2D eigenvalue weighted by atomic mass is 9.96. The molecule has 128 valence electrons. The molecule has 7 nitrogen and oxygen atoms in total. The molecule has 0 amide bonds. The molecule has 24 heavy (non-hydrogen) atoms. The molecule has 0 atom stereocenters. The Morgan fingerprint density at radius 3 is 2.46 bits per heavy atom. The van der Waals surface area contributed by atoms with Gasteiger partial charge in [-0.25, -0.2) is 0 Å². The van der Waals surface area contributed by atoms with Crippen LogP contribution in [0, 0.1) is 10.1 Å². The van der Waals surface area contributed by atoms with Crippen molar-refractivity contribution in [2.75, 3.05) is 13.1 Å². The molecule has 1 aromatic heterocycles. The maximum atomic E-state index is 10.7. The van der Waals surface area contributed by atoms with Crippen molar-refractivity contribution < 1.29 is 9.34 Å². The van der Waals surface area contributed by atoms with E-state index in [-0.39, 0.29) is 16.5 Å². The van der Waals surface area contributed by atoms with Gasteiger partial charge in [0.05, 0.1) is 4.92 Å². The maximum absolute atomic E-state index is 10.7. The SMILES string of the molecule is CC(C)c1nnc(C2CCN(Cc3ccc([N+](=O)[O-])cc3)CC2)o1. The van der Waals surface area contributed by atoms with Gasteiger partial charge in [-0.05, 0) is 31.5 Å². The number of aromatic nitrogens is 2. The molecule has 1 aromatic carbocycles. The molecule has 2 aromatic rings. The quantitative estimate of drug-likeness (QED) is 0.616. The van der Waals surface area contributed by atoms with Crippen LogP contribution in [0.15, 0.2) is 28.7 Å². The van der Waals surface area contributed by atoms with Gasteiger partial charge < -0.3 is 4.42 Å². The van der Waals surface area contributed by atoms with Crippen LogP contribution >= 0.6 is 0 Å². The number of nitro groups is 1. The van der Waals surface area contributed by atoms with Gasteiger partial charge in [-0.3, -0.25) is 15.0 Å². The molecule has 1 fully saturated rings. The highest BCUT2D eigenvalue weighted by molar-refractivity contribution is 5.32. The minimum atomic E-state index is -0.370. The first kappa shape index (κ1) is 16.6. The van der Waals surface area contributed by atoms with Crippen molar-refractivity contribution in [1.29, 1.82) is 0 Å². The zero-order valence-corrected chi connectivity index (χ0v) is 14.0. The first-order chi connectivity index (χ1) is 11.5. The van der Waals surface area contributed by atoms with E-state index >= 15 is 0 Å². The van der Waals surface area contributed by atoms with Gasteiger partial charge in [0.15, 0.2) is 0 Å². The zero-order chi connectivity index (χ0) is 17.1. The van der Waals surface area contributed by atoms with Gasteiger partial charge in [0, 0.05) is 30.5 Å². The predicted octanol–water partition coefficient (Wildman–Crippen LogP) is 3.48. The monoisotopic (exact) mass is 330 g/mol. The summed E-state index contributed by atoms with van der Waals surface area (Å²) in [4.78, 5) is 12.7. The fourth-order valence-electron chi connectivity index (χ4n) is 2.96. The Hall–Kier alpha value is -2.28. The van der Waals surface area contributed by atoms with Crippen LogP contribution in [0.4, 0.5) is 5.69 Å². The largest absolute Gasteiger partial charge is 0.425 e. The summed E-state index contributed by atoms with van der Waals surface area (Å²) >= 11 is 0. The number of likely N-dealkylation sites (tertiary alicyclic amines) is 1. The molecule has 1 saturated heterocycles. The molecule has 7 heteroatoms. The Morgan fingerprint density at radius 2 is 1.92 bits per heavy atom. The molecule has 0 N–H and O–H groups in total. The van der Waals surface area contributed by atoms with Gasteiger partial charge in [0.1, 0.15) is 0 Å². The maximum Gasteiger partial charge on any atom is 0.269 e.